The number of hydrogen-bond acceptors (Lipinski definition) is 4. The fourth-order valence-electron chi connectivity index (χ4n) is 10.4. The summed E-state index contributed by atoms with van der Waals surface area (Å²) in [6, 6.07) is 63.3. The summed E-state index contributed by atoms with van der Waals surface area (Å²) in [6.07, 6.45) is 3.43. The first-order valence-electron chi connectivity index (χ1n) is 19.7. The summed E-state index contributed by atoms with van der Waals surface area (Å²) in [5.41, 5.74) is 5.68. The number of fused-ring (bicyclic) bond motifs is 4. The monoisotopic (exact) mass is 700 g/mol. The molecule has 0 amide bonds. The Labute approximate surface area is 317 Å². The predicted molar refractivity (Wildman–Crippen MR) is 222 cm³/mol. The first-order chi connectivity index (χ1) is 26.8. The molecule has 0 atom stereocenters. The Morgan fingerprint density at radius 3 is 0.759 bits per heavy atom. The van der Waals surface area contributed by atoms with Gasteiger partial charge in [0.15, 0.2) is 0 Å². The molecule has 0 N–H and O–H groups in total. The topological polar surface area (TPSA) is 13.0 Å². The lowest BCUT2D eigenvalue weighted by Crippen LogP contribution is -2.81. The second kappa shape index (κ2) is 13.2. The van der Waals surface area contributed by atoms with Gasteiger partial charge in [0.05, 0.1) is 24.7 Å². The molecule has 0 aliphatic carbocycles. The average molecular weight is 701 g/mol. The standard InChI is InChI=1S/C50H44N4/c1-5-25-43-35(13-1)17-9-21-39(43)31-51-47-29-50-53(33-41-23-11-19-37-15-3-7-27-45(37)41)48(51)30-49(52(47)32-40-22-10-18-36-14-2-6-26-44(36)40)54(50)34-42-24-12-20-38-16-4-8-28-46(38)42/h1-28,47-50H,29-34H2. The first kappa shape index (κ1) is 32.1. The number of hydrogen-bond donors (Lipinski definition) is 0. The van der Waals surface area contributed by atoms with E-state index >= 15 is 0 Å². The van der Waals surface area contributed by atoms with E-state index in [0.717, 1.165) is 39.0 Å². The van der Waals surface area contributed by atoms with Crippen LogP contribution >= 0.6 is 0 Å². The molecule has 0 radical (unpaired) electrons. The summed E-state index contributed by atoms with van der Waals surface area (Å²) in [7, 11) is 0. The van der Waals surface area contributed by atoms with E-state index in [0.29, 0.717) is 24.7 Å². The van der Waals surface area contributed by atoms with Gasteiger partial charge in [0, 0.05) is 39.0 Å². The fourth-order valence-corrected chi connectivity index (χ4v) is 10.4. The van der Waals surface area contributed by atoms with Gasteiger partial charge in [-0.1, -0.05) is 170 Å². The molecule has 0 spiro atoms. The van der Waals surface area contributed by atoms with Crippen molar-refractivity contribution in [2.24, 2.45) is 0 Å². The zero-order valence-corrected chi connectivity index (χ0v) is 30.5. The Balaban J connectivity index is 1.04. The summed E-state index contributed by atoms with van der Waals surface area (Å²) in [6.45, 7) is 3.71. The van der Waals surface area contributed by atoms with Crippen molar-refractivity contribution in [3.05, 3.63) is 192 Å². The molecule has 4 bridgehead atoms. The highest BCUT2D eigenvalue weighted by Crippen LogP contribution is 2.48. The molecule has 264 valence electrons. The first-order valence-corrected chi connectivity index (χ1v) is 19.7. The van der Waals surface area contributed by atoms with Gasteiger partial charge in [0.2, 0.25) is 0 Å². The molecule has 4 fully saturated rings. The summed E-state index contributed by atoms with van der Waals surface area (Å²) < 4.78 is 0. The van der Waals surface area contributed by atoms with E-state index in [1.807, 2.05) is 0 Å². The van der Waals surface area contributed by atoms with E-state index < -0.39 is 0 Å². The normalized spacial score (nSPS) is 21.9. The Morgan fingerprint density at radius 1 is 0.278 bits per heavy atom. The van der Waals surface area contributed by atoms with Crippen molar-refractivity contribution in [1.29, 1.82) is 0 Å². The van der Waals surface area contributed by atoms with Crippen molar-refractivity contribution < 1.29 is 0 Å². The number of rotatable bonds is 8. The van der Waals surface area contributed by atoms with Crippen molar-refractivity contribution in [2.45, 2.75) is 63.7 Å². The van der Waals surface area contributed by atoms with E-state index in [2.05, 4.69) is 189 Å². The summed E-state index contributed by atoms with van der Waals surface area (Å²) in [4.78, 5) is 11.5. The summed E-state index contributed by atoms with van der Waals surface area (Å²) in [5.74, 6) is 0. The van der Waals surface area contributed by atoms with Crippen LogP contribution in [-0.2, 0) is 26.2 Å². The van der Waals surface area contributed by atoms with Crippen LogP contribution in [-0.4, -0.2) is 44.3 Å². The molecule has 12 rings (SSSR count). The molecule has 0 saturated carbocycles. The van der Waals surface area contributed by atoms with E-state index in [-0.39, 0.29) is 0 Å². The minimum absolute atomic E-state index is 0.323. The van der Waals surface area contributed by atoms with E-state index in [4.69, 9.17) is 0 Å². The van der Waals surface area contributed by atoms with Crippen molar-refractivity contribution in [2.75, 3.05) is 0 Å². The maximum absolute atomic E-state index is 2.88. The Kier molecular flexibility index (Phi) is 7.84. The zero-order chi connectivity index (χ0) is 35.6. The van der Waals surface area contributed by atoms with Crippen LogP contribution in [0.4, 0.5) is 0 Å². The molecular weight excluding hydrogens is 657 g/mol. The van der Waals surface area contributed by atoms with Gasteiger partial charge < -0.3 is 0 Å². The third-order valence-electron chi connectivity index (χ3n) is 12.8. The van der Waals surface area contributed by atoms with Crippen molar-refractivity contribution in [1.82, 2.24) is 19.6 Å². The molecular formula is C50H44N4. The van der Waals surface area contributed by atoms with Crippen molar-refractivity contribution >= 4 is 43.1 Å². The van der Waals surface area contributed by atoms with Gasteiger partial charge in [-0.2, -0.15) is 0 Å². The van der Waals surface area contributed by atoms with Gasteiger partial charge in [-0.25, -0.2) is 0 Å². The zero-order valence-electron chi connectivity index (χ0n) is 30.5. The predicted octanol–water partition coefficient (Wildman–Crippen LogP) is 10.7. The van der Waals surface area contributed by atoms with Gasteiger partial charge >= 0.3 is 0 Å². The second-order valence-electron chi connectivity index (χ2n) is 15.6. The molecule has 4 heterocycles. The SMILES string of the molecule is c1ccc2c(CN3C4CC5N(Cc6cccc7ccccc67)C3CC(N4Cc3cccc4ccccc34)N5Cc3cccc4ccccc34)cccc2c1. The highest BCUT2D eigenvalue weighted by Gasteiger charge is 2.58. The third-order valence-corrected chi connectivity index (χ3v) is 12.8. The molecule has 0 aromatic heterocycles. The molecule has 4 heteroatoms. The Bertz CT molecular complexity index is 2260. The van der Waals surface area contributed by atoms with E-state index in [1.54, 1.807) is 0 Å². The van der Waals surface area contributed by atoms with Crippen LogP contribution in [0.1, 0.15) is 35.1 Å². The molecule has 54 heavy (non-hydrogen) atoms. The van der Waals surface area contributed by atoms with Crippen LogP contribution in [0.3, 0.4) is 0 Å². The second-order valence-corrected chi connectivity index (χ2v) is 15.6. The van der Waals surface area contributed by atoms with Crippen molar-refractivity contribution in [3.8, 4) is 0 Å². The molecule has 0 unspecified atom stereocenters. The minimum atomic E-state index is 0.323. The lowest BCUT2D eigenvalue weighted by molar-refractivity contribution is -0.292. The number of benzene rings is 8. The molecule has 4 nitrogen and oxygen atoms in total. The van der Waals surface area contributed by atoms with Gasteiger partial charge in [0.1, 0.15) is 0 Å². The van der Waals surface area contributed by atoms with Gasteiger partial charge in [0.25, 0.3) is 0 Å². The van der Waals surface area contributed by atoms with Crippen LogP contribution in [0.15, 0.2) is 170 Å². The lowest BCUT2D eigenvalue weighted by atomic mass is 9.88. The van der Waals surface area contributed by atoms with Crippen molar-refractivity contribution in [3.63, 3.8) is 0 Å². The smallest absolute Gasteiger partial charge is 0.0683 e. The molecule has 8 aromatic rings. The Morgan fingerprint density at radius 2 is 0.500 bits per heavy atom. The maximum Gasteiger partial charge on any atom is 0.0683 e. The fraction of sp³-hybridized carbons (Fsp3) is 0.200. The molecule has 4 aliphatic rings. The third kappa shape index (κ3) is 5.36. The molecule has 4 aliphatic heterocycles. The minimum Gasteiger partial charge on any atom is -0.267 e. The van der Waals surface area contributed by atoms with Crippen LogP contribution in [0.2, 0.25) is 0 Å². The van der Waals surface area contributed by atoms with Crippen LogP contribution in [0.25, 0.3) is 43.1 Å². The van der Waals surface area contributed by atoms with Gasteiger partial charge in [-0.05, 0) is 65.3 Å². The average Bonchev–Trinajstić information content (AvgIpc) is 3.22. The lowest BCUT2D eigenvalue weighted by Gasteiger charge is -2.69. The molecule has 4 saturated heterocycles. The van der Waals surface area contributed by atoms with Gasteiger partial charge in [-0.3, -0.25) is 19.6 Å². The number of nitrogens with zero attached hydrogens (tertiary/aromatic N) is 4. The highest BCUT2D eigenvalue weighted by atomic mass is 15.6. The van der Waals surface area contributed by atoms with E-state index in [1.165, 1.54) is 65.3 Å². The largest absolute Gasteiger partial charge is 0.267 e. The van der Waals surface area contributed by atoms with Crippen LogP contribution in [0, 0.1) is 0 Å². The Hall–Kier alpha value is -5.36. The maximum atomic E-state index is 2.88. The molecule has 8 aromatic carbocycles. The highest BCUT2D eigenvalue weighted by molar-refractivity contribution is 5.88. The van der Waals surface area contributed by atoms with Crippen LogP contribution in [0.5, 0.6) is 0 Å². The summed E-state index contributed by atoms with van der Waals surface area (Å²) in [5, 5.41) is 10.8. The van der Waals surface area contributed by atoms with E-state index in [9.17, 15) is 0 Å². The van der Waals surface area contributed by atoms with Crippen LogP contribution < -0.4 is 0 Å². The quantitative estimate of drug-likeness (QED) is 0.156. The van der Waals surface area contributed by atoms with Gasteiger partial charge in [-0.15, -0.1) is 0 Å². The summed E-state index contributed by atoms with van der Waals surface area (Å²) >= 11 is 0.